The quantitative estimate of drug-likeness (QED) is 0.734. The molecule has 21 heavy (non-hydrogen) atoms. The van der Waals surface area contributed by atoms with Crippen LogP contribution in [-0.2, 0) is 11.2 Å². The Labute approximate surface area is 129 Å². The van der Waals surface area contributed by atoms with Crippen molar-refractivity contribution in [2.45, 2.75) is 6.42 Å². The van der Waals surface area contributed by atoms with Crippen molar-refractivity contribution in [3.05, 3.63) is 47.2 Å². The van der Waals surface area contributed by atoms with Crippen molar-refractivity contribution >= 4 is 23.2 Å². The number of benzene rings is 1. The molecule has 2 N–H and O–H groups in total. The summed E-state index contributed by atoms with van der Waals surface area (Å²) in [6, 6.07) is 9.75. The van der Waals surface area contributed by atoms with Crippen molar-refractivity contribution in [3.8, 4) is 0 Å². The van der Waals surface area contributed by atoms with E-state index in [1.54, 1.807) is 13.4 Å². The van der Waals surface area contributed by atoms with Crippen LogP contribution >= 0.6 is 11.6 Å². The fourth-order valence-electron chi connectivity index (χ4n) is 1.82. The molecule has 0 saturated carbocycles. The number of aromatic nitrogens is 2. The first-order chi connectivity index (χ1) is 10.3. The van der Waals surface area contributed by atoms with E-state index in [0.717, 1.165) is 36.2 Å². The van der Waals surface area contributed by atoms with Crippen LogP contribution in [0.4, 0.5) is 11.6 Å². The highest BCUT2D eigenvalue weighted by Gasteiger charge is 1.99. The molecule has 0 bridgehead atoms. The van der Waals surface area contributed by atoms with Crippen LogP contribution in [0, 0.1) is 0 Å². The maximum atomic E-state index is 5.86. The molecule has 0 fully saturated rings. The zero-order valence-corrected chi connectivity index (χ0v) is 12.7. The van der Waals surface area contributed by atoms with E-state index in [2.05, 4.69) is 20.6 Å². The van der Waals surface area contributed by atoms with E-state index in [4.69, 9.17) is 16.3 Å². The Morgan fingerprint density at radius 3 is 2.38 bits per heavy atom. The first-order valence-electron chi connectivity index (χ1n) is 6.81. The van der Waals surface area contributed by atoms with E-state index < -0.39 is 0 Å². The second-order valence-corrected chi connectivity index (χ2v) is 4.95. The lowest BCUT2D eigenvalue weighted by Crippen LogP contribution is -2.10. The van der Waals surface area contributed by atoms with Crippen molar-refractivity contribution in [2.75, 3.05) is 37.4 Å². The molecule has 0 amide bonds. The van der Waals surface area contributed by atoms with E-state index in [1.165, 1.54) is 5.56 Å². The average molecular weight is 307 g/mol. The summed E-state index contributed by atoms with van der Waals surface area (Å²) in [5.74, 6) is 1.59. The topological polar surface area (TPSA) is 59.1 Å². The van der Waals surface area contributed by atoms with Crippen LogP contribution in [0.2, 0.25) is 5.02 Å². The minimum atomic E-state index is 0.642. The largest absolute Gasteiger partial charge is 0.383 e. The summed E-state index contributed by atoms with van der Waals surface area (Å²) in [4.78, 5) is 8.35. The molecular weight excluding hydrogens is 288 g/mol. The van der Waals surface area contributed by atoms with Gasteiger partial charge in [0.15, 0.2) is 0 Å². The second kappa shape index (κ2) is 8.44. The molecule has 0 aliphatic heterocycles. The van der Waals surface area contributed by atoms with E-state index in [1.807, 2.05) is 30.3 Å². The zero-order chi connectivity index (χ0) is 14.9. The number of hydrogen-bond donors (Lipinski definition) is 2. The molecule has 0 aliphatic carbocycles. The maximum absolute atomic E-state index is 5.86. The summed E-state index contributed by atoms with van der Waals surface area (Å²) in [5.41, 5.74) is 1.24. The standard InChI is InChI=1S/C15H19ClN4O/c1-21-9-8-18-15-10-14(19-11-20-15)17-7-6-12-2-4-13(16)5-3-12/h2-5,10-11H,6-9H2,1H3,(H2,17,18,19,20). The molecule has 0 atom stereocenters. The second-order valence-electron chi connectivity index (χ2n) is 4.51. The van der Waals surface area contributed by atoms with Gasteiger partial charge < -0.3 is 15.4 Å². The molecule has 112 valence electrons. The normalized spacial score (nSPS) is 10.4. The van der Waals surface area contributed by atoms with Gasteiger partial charge in [-0.25, -0.2) is 9.97 Å². The summed E-state index contributed by atoms with van der Waals surface area (Å²) in [5, 5.41) is 7.21. The molecular formula is C15H19ClN4O. The number of halogens is 1. The Morgan fingerprint density at radius 1 is 1.05 bits per heavy atom. The molecule has 0 radical (unpaired) electrons. The number of ether oxygens (including phenoxy) is 1. The SMILES string of the molecule is COCCNc1cc(NCCc2ccc(Cl)cc2)ncn1. The molecule has 6 heteroatoms. The van der Waals surface area contributed by atoms with Gasteiger partial charge in [-0.05, 0) is 24.1 Å². The fourth-order valence-corrected chi connectivity index (χ4v) is 1.94. The summed E-state index contributed by atoms with van der Waals surface area (Å²) < 4.78 is 4.99. The number of rotatable bonds is 8. The molecule has 0 aliphatic rings. The van der Waals surface area contributed by atoms with E-state index in [0.29, 0.717) is 6.61 Å². The van der Waals surface area contributed by atoms with Crippen LogP contribution in [0.15, 0.2) is 36.7 Å². The third-order valence-electron chi connectivity index (χ3n) is 2.91. The summed E-state index contributed by atoms with van der Waals surface area (Å²) in [6.07, 6.45) is 2.45. The molecule has 1 heterocycles. The number of anilines is 2. The lowest BCUT2D eigenvalue weighted by molar-refractivity contribution is 0.210. The minimum Gasteiger partial charge on any atom is -0.383 e. The predicted molar refractivity (Wildman–Crippen MR) is 86.0 cm³/mol. The number of nitrogens with one attached hydrogen (secondary N) is 2. The van der Waals surface area contributed by atoms with Crippen LogP contribution in [-0.4, -0.2) is 36.8 Å². The molecule has 1 aromatic carbocycles. The molecule has 2 aromatic rings. The minimum absolute atomic E-state index is 0.642. The fraction of sp³-hybridized carbons (Fsp3) is 0.333. The Hall–Kier alpha value is -1.85. The third-order valence-corrected chi connectivity index (χ3v) is 3.16. The van der Waals surface area contributed by atoms with Gasteiger partial charge in [0.05, 0.1) is 6.61 Å². The van der Waals surface area contributed by atoms with E-state index >= 15 is 0 Å². The van der Waals surface area contributed by atoms with Gasteiger partial charge in [-0.15, -0.1) is 0 Å². The van der Waals surface area contributed by atoms with Crippen molar-refractivity contribution in [2.24, 2.45) is 0 Å². The number of nitrogens with zero attached hydrogens (tertiary/aromatic N) is 2. The molecule has 0 saturated heterocycles. The van der Waals surface area contributed by atoms with Gasteiger partial charge >= 0.3 is 0 Å². The molecule has 0 spiro atoms. The van der Waals surface area contributed by atoms with Crippen LogP contribution in [0.1, 0.15) is 5.56 Å². The van der Waals surface area contributed by atoms with Crippen molar-refractivity contribution in [1.82, 2.24) is 9.97 Å². The summed E-state index contributed by atoms with van der Waals surface area (Å²) >= 11 is 5.86. The number of methoxy groups -OCH3 is 1. The lowest BCUT2D eigenvalue weighted by Gasteiger charge is -2.08. The van der Waals surface area contributed by atoms with E-state index in [-0.39, 0.29) is 0 Å². The molecule has 0 unspecified atom stereocenters. The van der Waals surface area contributed by atoms with Crippen LogP contribution in [0.25, 0.3) is 0 Å². The predicted octanol–water partition coefficient (Wildman–Crippen LogP) is 2.84. The first-order valence-corrected chi connectivity index (χ1v) is 7.19. The zero-order valence-electron chi connectivity index (χ0n) is 12.0. The van der Waals surface area contributed by atoms with Crippen molar-refractivity contribution in [1.29, 1.82) is 0 Å². The van der Waals surface area contributed by atoms with Gasteiger partial charge in [0.25, 0.3) is 0 Å². The first kappa shape index (κ1) is 15.5. The van der Waals surface area contributed by atoms with Crippen molar-refractivity contribution < 1.29 is 4.74 Å². The summed E-state index contributed by atoms with van der Waals surface area (Å²) in [7, 11) is 1.67. The van der Waals surface area contributed by atoms with E-state index in [9.17, 15) is 0 Å². The highest BCUT2D eigenvalue weighted by Crippen LogP contribution is 2.11. The van der Waals surface area contributed by atoms with Crippen LogP contribution < -0.4 is 10.6 Å². The Morgan fingerprint density at radius 2 is 1.71 bits per heavy atom. The highest BCUT2D eigenvalue weighted by molar-refractivity contribution is 6.30. The Kier molecular flexibility index (Phi) is 6.24. The maximum Gasteiger partial charge on any atom is 0.131 e. The van der Waals surface area contributed by atoms with Crippen LogP contribution in [0.5, 0.6) is 0 Å². The van der Waals surface area contributed by atoms with Crippen molar-refractivity contribution in [3.63, 3.8) is 0 Å². The van der Waals surface area contributed by atoms with Crippen LogP contribution in [0.3, 0.4) is 0 Å². The highest BCUT2D eigenvalue weighted by atomic mass is 35.5. The van der Waals surface area contributed by atoms with Gasteiger partial charge in [0.1, 0.15) is 18.0 Å². The smallest absolute Gasteiger partial charge is 0.131 e. The Bertz CT molecular complexity index is 548. The molecule has 5 nitrogen and oxygen atoms in total. The average Bonchev–Trinajstić information content (AvgIpc) is 2.50. The monoisotopic (exact) mass is 306 g/mol. The molecule has 1 aromatic heterocycles. The third kappa shape index (κ3) is 5.57. The van der Waals surface area contributed by atoms with Gasteiger partial charge in [-0.1, -0.05) is 23.7 Å². The Balaban J connectivity index is 1.79. The lowest BCUT2D eigenvalue weighted by atomic mass is 10.1. The van der Waals surface area contributed by atoms with Gasteiger partial charge in [-0.2, -0.15) is 0 Å². The van der Waals surface area contributed by atoms with Gasteiger partial charge in [0.2, 0.25) is 0 Å². The molecule has 2 rings (SSSR count). The van der Waals surface area contributed by atoms with Gasteiger partial charge in [-0.3, -0.25) is 0 Å². The van der Waals surface area contributed by atoms with Gasteiger partial charge in [0, 0.05) is 31.3 Å². The summed E-state index contributed by atoms with van der Waals surface area (Å²) in [6.45, 7) is 2.16. The number of hydrogen-bond acceptors (Lipinski definition) is 5.